The lowest BCUT2D eigenvalue weighted by Gasteiger charge is -2.19. The first-order chi connectivity index (χ1) is 8.16. The molecule has 1 heterocycles. The lowest BCUT2D eigenvalue weighted by Crippen LogP contribution is -2.22. The van der Waals surface area contributed by atoms with Gasteiger partial charge in [0.05, 0.1) is 4.92 Å². The molecule has 0 unspecified atom stereocenters. The fourth-order valence-corrected chi connectivity index (χ4v) is 2.25. The second-order valence-electron chi connectivity index (χ2n) is 4.45. The van der Waals surface area contributed by atoms with E-state index in [0.717, 1.165) is 25.7 Å². The molecule has 6 nitrogen and oxygen atoms in total. The van der Waals surface area contributed by atoms with E-state index in [1.807, 2.05) is 0 Å². The molecule has 0 spiro atoms. The van der Waals surface area contributed by atoms with Gasteiger partial charge in [0.2, 0.25) is 0 Å². The summed E-state index contributed by atoms with van der Waals surface area (Å²) in [4.78, 5) is 21.9. The summed E-state index contributed by atoms with van der Waals surface area (Å²) in [6, 6.07) is 0. The molecule has 0 aromatic carbocycles. The van der Waals surface area contributed by atoms with Gasteiger partial charge in [0, 0.05) is 5.92 Å². The van der Waals surface area contributed by atoms with Crippen molar-refractivity contribution in [2.45, 2.75) is 38.6 Å². The molecule has 0 aliphatic heterocycles. The van der Waals surface area contributed by atoms with Crippen LogP contribution in [-0.4, -0.2) is 20.5 Å². The lowest BCUT2D eigenvalue weighted by molar-refractivity contribution is -0.385. The second-order valence-corrected chi connectivity index (χ2v) is 4.45. The number of nitrogens with zero attached hydrogens (tertiary/aromatic N) is 3. The highest BCUT2D eigenvalue weighted by Gasteiger charge is 2.22. The Morgan fingerprint density at radius 2 is 2.18 bits per heavy atom. The summed E-state index contributed by atoms with van der Waals surface area (Å²) < 4.78 is 1.36. The Kier molecular flexibility index (Phi) is 3.51. The largest absolute Gasteiger partial charge is 0.307 e. The fraction of sp³-hybridized carbons (Fsp3) is 0.636. The van der Waals surface area contributed by atoms with Crippen LogP contribution in [0.1, 0.15) is 32.1 Å². The Hall–Kier alpha value is -1.72. The third-order valence-electron chi connectivity index (χ3n) is 3.21. The molecule has 1 aliphatic rings. The fourth-order valence-electron chi connectivity index (χ4n) is 2.25. The van der Waals surface area contributed by atoms with Gasteiger partial charge in [-0.15, -0.1) is 0 Å². The highest BCUT2D eigenvalue weighted by atomic mass is 16.6. The number of carbonyl (C=O) groups is 1. The van der Waals surface area contributed by atoms with Crippen LogP contribution in [-0.2, 0) is 11.3 Å². The summed E-state index contributed by atoms with van der Waals surface area (Å²) in [7, 11) is 0. The molecule has 1 fully saturated rings. The highest BCUT2D eigenvalue weighted by molar-refractivity contribution is 5.80. The van der Waals surface area contributed by atoms with Gasteiger partial charge < -0.3 is 0 Å². The average Bonchev–Trinajstić information content (AvgIpc) is 2.79. The molecule has 0 N–H and O–H groups in total. The van der Waals surface area contributed by atoms with Crippen LogP contribution in [0, 0.1) is 16.0 Å². The van der Waals surface area contributed by atoms with Crippen LogP contribution in [0.2, 0.25) is 0 Å². The van der Waals surface area contributed by atoms with Crippen LogP contribution in [0.25, 0.3) is 0 Å². The van der Waals surface area contributed by atoms with Gasteiger partial charge in [0.25, 0.3) is 0 Å². The number of aromatic nitrogens is 2. The van der Waals surface area contributed by atoms with Crippen LogP contribution < -0.4 is 0 Å². The lowest BCUT2D eigenvalue weighted by atomic mass is 9.86. The van der Waals surface area contributed by atoms with Crippen molar-refractivity contribution in [3.63, 3.8) is 0 Å². The van der Waals surface area contributed by atoms with Gasteiger partial charge in [-0.2, -0.15) is 5.10 Å². The minimum Gasteiger partial charge on any atom is -0.297 e. The first kappa shape index (κ1) is 11.8. The summed E-state index contributed by atoms with van der Waals surface area (Å²) in [5.41, 5.74) is -0.0681. The van der Waals surface area contributed by atoms with Crippen LogP contribution in [0.15, 0.2) is 12.4 Å². The molecule has 2 rings (SSSR count). The Balaban J connectivity index is 1.94. The van der Waals surface area contributed by atoms with Gasteiger partial charge in [0.1, 0.15) is 18.9 Å². The molecule has 0 saturated heterocycles. The first-order valence-corrected chi connectivity index (χ1v) is 5.86. The van der Waals surface area contributed by atoms with E-state index in [0.29, 0.717) is 0 Å². The van der Waals surface area contributed by atoms with Crippen LogP contribution in [0.5, 0.6) is 0 Å². The van der Waals surface area contributed by atoms with Crippen LogP contribution >= 0.6 is 0 Å². The Labute approximate surface area is 98.8 Å². The molecule has 0 atom stereocenters. The molecule has 1 aliphatic carbocycles. The minimum atomic E-state index is -0.505. The number of nitro groups is 1. The van der Waals surface area contributed by atoms with E-state index in [-0.39, 0.29) is 23.9 Å². The number of carbonyl (C=O) groups excluding carboxylic acids is 1. The van der Waals surface area contributed by atoms with Crippen molar-refractivity contribution in [3.8, 4) is 0 Å². The Bertz CT molecular complexity index is 421. The average molecular weight is 237 g/mol. The second kappa shape index (κ2) is 5.07. The molecule has 6 heteroatoms. The molecule has 1 aromatic heterocycles. The maximum atomic E-state index is 11.9. The minimum absolute atomic E-state index is 0.0681. The predicted molar refractivity (Wildman–Crippen MR) is 60.5 cm³/mol. The van der Waals surface area contributed by atoms with E-state index in [1.54, 1.807) is 0 Å². The van der Waals surface area contributed by atoms with Crippen molar-refractivity contribution in [3.05, 3.63) is 22.5 Å². The number of Topliss-reactive ketones (excluding diaryl/α,β-unsaturated/α-hetero) is 1. The van der Waals surface area contributed by atoms with Crippen LogP contribution in [0.3, 0.4) is 0 Å². The van der Waals surface area contributed by atoms with Crippen molar-refractivity contribution < 1.29 is 9.72 Å². The molecule has 1 saturated carbocycles. The molecular weight excluding hydrogens is 222 g/mol. The molecule has 17 heavy (non-hydrogen) atoms. The summed E-state index contributed by atoms with van der Waals surface area (Å²) >= 11 is 0. The molecule has 1 aromatic rings. The van der Waals surface area contributed by atoms with Gasteiger partial charge >= 0.3 is 5.69 Å². The maximum absolute atomic E-state index is 11.9. The van der Waals surface area contributed by atoms with E-state index >= 15 is 0 Å². The Morgan fingerprint density at radius 3 is 2.76 bits per heavy atom. The summed E-state index contributed by atoms with van der Waals surface area (Å²) in [5, 5.41) is 14.3. The zero-order valence-electron chi connectivity index (χ0n) is 9.54. The van der Waals surface area contributed by atoms with Gasteiger partial charge in [-0.1, -0.05) is 19.3 Å². The third kappa shape index (κ3) is 2.89. The van der Waals surface area contributed by atoms with Gasteiger partial charge in [-0.25, -0.2) is 0 Å². The monoisotopic (exact) mass is 237 g/mol. The van der Waals surface area contributed by atoms with Crippen LogP contribution in [0.4, 0.5) is 5.69 Å². The SMILES string of the molecule is O=C(Cn1cc([N+](=O)[O-])cn1)C1CCCCC1. The smallest absolute Gasteiger partial charge is 0.297 e. The number of hydrogen-bond donors (Lipinski definition) is 0. The van der Waals surface area contributed by atoms with Gasteiger partial charge in [-0.3, -0.25) is 19.6 Å². The van der Waals surface area contributed by atoms with Gasteiger partial charge in [0.15, 0.2) is 5.78 Å². The Morgan fingerprint density at radius 1 is 1.47 bits per heavy atom. The normalized spacial score (nSPS) is 16.9. The quantitative estimate of drug-likeness (QED) is 0.592. The number of rotatable bonds is 4. The standard InChI is InChI=1S/C11H15N3O3/c15-11(9-4-2-1-3-5-9)8-13-7-10(6-12-13)14(16)17/h6-7,9H,1-5,8H2. The molecule has 0 amide bonds. The van der Waals surface area contributed by atoms with E-state index in [9.17, 15) is 14.9 Å². The molecular formula is C11H15N3O3. The van der Waals surface area contributed by atoms with Crippen molar-refractivity contribution in [2.75, 3.05) is 0 Å². The third-order valence-corrected chi connectivity index (χ3v) is 3.21. The maximum Gasteiger partial charge on any atom is 0.307 e. The van der Waals surface area contributed by atoms with Crippen molar-refractivity contribution in [2.24, 2.45) is 5.92 Å². The van der Waals surface area contributed by atoms with E-state index < -0.39 is 4.92 Å². The van der Waals surface area contributed by atoms with E-state index in [2.05, 4.69) is 5.10 Å². The van der Waals surface area contributed by atoms with Crippen molar-refractivity contribution in [1.82, 2.24) is 9.78 Å². The topological polar surface area (TPSA) is 78.0 Å². The van der Waals surface area contributed by atoms with Crippen molar-refractivity contribution in [1.29, 1.82) is 0 Å². The summed E-state index contributed by atoms with van der Waals surface area (Å²) in [6.07, 6.45) is 7.79. The number of hydrogen-bond acceptors (Lipinski definition) is 4. The van der Waals surface area contributed by atoms with E-state index in [4.69, 9.17) is 0 Å². The molecule has 92 valence electrons. The van der Waals surface area contributed by atoms with Crippen molar-refractivity contribution >= 4 is 11.5 Å². The summed E-state index contributed by atoms with van der Waals surface area (Å²) in [5.74, 6) is 0.259. The zero-order chi connectivity index (χ0) is 12.3. The molecule has 0 radical (unpaired) electrons. The van der Waals surface area contributed by atoms with E-state index in [1.165, 1.54) is 23.5 Å². The molecule has 0 bridgehead atoms. The first-order valence-electron chi connectivity index (χ1n) is 5.86. The number of ketones is 1. The zero-order valence-corrected chi connectivity index (χ0v) is 9.54. The summed E-state index contributed by atoms with van der Waals surface area (Å²) in [6.45, 7) is 0.151. The predicted octanol–water partition coefficient (Wildman–Crippen LogP) is 1.94. The highest BCUT2D eigenvalue weighted by Crippen LogP contribution is 2.24. The van der Waals surface area contributed by atoms with Gasteiger partial charge in [-0.05, 0) is 12.8 Å².